The molecule has 29 heavy (non-hydrogen) atoms. The van der Waals surface area contributed by atoms with Crippen molar-refractivity contribution >= 4 is 35.1 Å². The Kier molecular flexibility index (Phi) is 5.10. The number of anilines is 2. The van der Waals surface area contributed by atoms with Crippen molar-refractivity contribution in [3.63, 3.8) is 0 Å². The van der Waals surface area contributed by atoms with E-state index in [0.717, 1.165) is 10.5 Å². The van der Waals surface area contributed by atoms with Gasteiger partial charge in [0, 0.05) is 21.7 Å². The molecule has 2 aromatic carbocycles. The van der Waals surface area contributed by atoms with E-state index >= 15 is 0 Å². The number of nitrogens with zero attached hydrogens (tertiary/aromatic N) is 2. The molecule has 3 aromatic rings. The average Bonchev–Trinajstić information content (AvgIpc) is 3.04. The third-order valence-electron chi connectivity index (χ3n) is 4.84. The van der Waals surface area contributed by atoms with Crippen molar-refractivity contribution in [3.8, 4) is 11.3 Å². The smallest absolute Gasteiger partial charge is 0.249 e. The summed E-state index contributed by atoms with van der Waals surface area (Å²) in [5.74, 6) is -0.413. The first kappa shape index (κ1) is 19.2. The SMILES string of the molecule is CSc1cccc(NC(=O)[C@H]2CC(=O)Nc3c(C)c(-c4ccc(F)cc4)nn32)c1. The first-order valence-electron chi connectivity index (χ1n) is 9.06. The van der Waals surface area contributed by atoms with E-state index < -0.39 is 6.04 Å². The van der Waals surface area contributed by atoms with E-state index in [2.05, 4.69) is 15.7 Å². The van der Waals surface area contributed by atoms with Crippen molar-refractivity contribution in [2.45, 2.75) is 24.3 Å². The highest BCUT2D eigenvalue weighted by atomic mass is 32.2. The highest BCUT2D eigenvalue weighted by molar-refractivity contribution is 7.98. The van der Waals surface area contributed by atoms with E-state index in [-0.39, 0.29) is 24.1 Å². The van der Waals surface area contributed by atoms with E-state index in [1.54, 1.807) is 34.6 Å². The fourth-order valence-electron chi connectivity index (χ4n) is 3.35. The van der Waals surface area contributed by atoms with E-state index in [1.165, 1.54) is 12.1 Å². The van der Waals surface area contributed by atoms with Crippen LogP contribution >= 0.6 is 11.8 Å². The van der Waals surface area contributed by atoms with Gasteiger partial charge in [-0.05, 0) is 55.6 Å². The minimum Gasteiger partial charge on any atom is -0.324 e. The largest absolute Gasteiger partial charge is 0.324 e. The van der Waals surface area contributed by atoms with Crippen LogP contribution in [0.25, 0.3) is 11.3 Å². The van der Waals surface area contributed by atoms with E-state index in [4.69, 9.17) is 0 Å². The molecule has 2 heterocycles. The maximum atomic E-state index is 13.3. The van der Waals surface area contributed by atoms with Crippen molar-refractivity contribution in [3.05, 3.63) is 59.9 Å². The van der Waals surface area contributed by atoms with Gasteiger partial charge in [0.2, 0.25) is 11.8 Å². The monoisotopic (exact) mass is 410 g/mol. The summed E-state index contributed by atoms with van der Waals surface area (Å²) in [6.07, 6.45) is 1.95. The zero-order valence-electron chi connectivity index (χ0n) is 15.9. The van der Waals surface area contributed by atoms with Crippen molar-refractivity contribution in [2.24, 2.45) is 0 Å². The number of aromatic nitrogens is 2. The molecule has 2 N–H and O–H groups in total. The quantitative estimate of drug-likeness (QED) is 0.631. The lowest BCUT2D eigenvalue weighted by atomic mass is 10.1. The molecule has 0 saturated carbocycles. The number of hydrogen-bond donors (Lipinski definition) is 2. The molecule has 1 aromatic heterocycles. The van der Waals surface area contributed by atoms with Crippen LogP contribution in [-0.4, -0.2) is 27.9 Å². The number of fused-ring (bicyclic) bond motifs is 1. The van der Waals surface area contributed by atoms with Crippen LogP contribution in [-0.2, 0) is 9.59 Å². The number of carbonyl (C=O) groups is 2. The normalized spacial score (nSPS) is 15.6. The third kappa shape index (κ3) is 3.75. The number of carbonyl (C=O) groups excluding carboxylic acids is 2. The van der Waals surface area contributed by atoms with Gasteiger partial charge in [-0.3, -0.25) is 9.59 Å². The van der Waals surface area contributed by atoms with Gasteiger partial charge in [0.25, 0.3) is 0 Å². The standard InChI is InChI=1S/C21H19FN4O2S/c1-12-19(13-6-8-14(22)9-7-13)25-26-17(11-18(27)24-20(12)26)21(28)23-15-4-3-5-16(10-15)29-2/h3-10,17H,11H2,1-2H3,(H,23,28)(H,24,27)/t17-/m1/s1. The third-order valence-corrected chi connectivity index (χ3v) is 5.56. The summed E-state index contributed by atoms with van der Waals surface area (Å²) >= 11 is 1.58. The zero-order chi connectivity index (χ0) is 20.5. The van der Waals surface area contributed by atoms with Gasteiger partial charge in [0.15, 0.2) is 0 Å². The second-order valence-electron chi connectivity index (χ2n) is 6.76. The summed E-state index contributed by atoms with van der Waals surface area (Å²) in [4.78, 5) is 26.2. The zero-order valence-corrected chi connectivity index (χ0v) is 16.7. The van der Waals surface area contributed by atoms with Gasteiger partial charge in [-0.15, -0.1) is 11.8 Å². The highest BCUT2D eigenvalue weighted by Gasteiger charge is 2.34. The van der Waals surface area contributed by atoms with Crippen LogP contribution in [0.1, 0.15) is 18.0 Å². The lowest BCUT2D eigenvalue weighted by Gasteiger charge is -2.24. The van der Waals surface area contributed by atoms with Gasteiger partial charge in [-0.2, -0.15) is 5.10 Å². The van der Waals surface area contributed by atoms with Gasteiger partial charge in [0.1, 0.15) is 17.7 Å². The van der Waals surface area contributed by atoms with Crippen LogP contribution in [0.2, 0.25) is 0 Å². The van der Waals surface area contributed by atoms with Gasteiger partial charge < -0.3 is 10.6 Å². The minimum atomic E-state index is -0.774. The van der Waals surface area contributed by atoms with Crippen LogP contribution in [0.15, 0.2) is 53.4 Å². The van der Waals surface area contributed by atoms with Crippen LogP contribution < -0.4 is 10.6 Å². The van der Waals surface area contributed by atoms with Gasteiger partial charge >= 0.3 is 0 Å². The maximum Gasteiger partial charge on any atom is 0.249 e. The summed E-state index contributed by atoms with van der Waals surface area (Å²) in [6.45, 7) is 1.82. The topological polar surface area (TPSA) is 76.0 Å². The molecule has 1 aliphatic heterocycles. The number of halogens is 1. The Balaban J connectivity index is 1.68. The summed E-state index contributed by atoms with van der Waals surface area (Å²) in [7, 11) is 0. The lowest BCUT2D eigenvalue weighted by molar-refractivity contribution is -0.125. The fraction of sp³-hybridized carbons (Fsp3) is 0.190. The molecule has 2 amide bonds. The van der Waals surface area contributed by atoms with Crippen molar-refractivity contribution in [1.29, 1.82) is 0 Å². The molecule has 1 aliphatic rings. The Morgan fingerprint density at radius 3 is 2.76 bits per heavy atom. The molecule has 0 radical (unpaired) electrons. The molecule has 0 fully saturated rings. The van der Waals surface area contributed by atoms with E-state index in [0.29, 0.717) is 22.8 Å². The fourth-order valence-corrected chi connectivity index (χ4v) is 3.81. The Hall–Kier alpha value is -3.13. The number of amides is 2. The number of thioether (sulfide) groups is 1. The van der Waals surface area contributed by atoms with Crippen molar-refractivity contribution < 1.29 is 14.0 Å². The molecule has 4 rings (SSSR count). The first-order chi connectivity index (χ1) is 14.0. The second kappa shape index (κ2) is 7.71. The van der Waals surface area contributed by atoms with Crippen LogP contribution in [0.4, 0.5) is 15.9 Å². The molecule has 0 bridgehead atoms. The molecule has 148 valence electrons. The number of nitrogens with one attached hydrogen (secondary N) is 2. The Labute approximate surface area is 171 Å². The second-order valence-corrected chi connectivity index (χ2v) is 7.64. The molecular formula is C21H19FN4O2S. The minimum absolute atomic E-state index is 0.00890. The summed E-state index contributed by atoms with van der Waals surface area (Å²) in [5.41, 5.74) is 2.71. The van der Waals surface area contributed by atoms with E-state index in [1.807, 2.05) is 31.4 Å². The number of rotatable bonds is 4. The molecular weight excluding hydrogens is 391 g/mol. The van der Waals surface area contributed by atoms with Gasteiger partial charge in [-0.1, -0.05) is 6.07 Å². The van der Waals surface area contributed by atoms with Gasteiger partial charge in [-0.25, -0.2) is 9.07 Å². The summed E-state index contributed by atoms with van der Waals surface area (Å²) < 4.78 is 14.8. The van der Waals surface area contributed by atoms with Crippen LogP contribution in [0, 0.1) is 12.7 Å². The first-order valence-corrected chi connectivity index (χ1v) is 10.3. The van der Waals surface area contributed by atoms with Gasteiger partial charge in [0.05, 0.1) is 12.1 Å². The van der Waals surface area contributed by atoms with E-state index in [9.17, 15) is 14.0 Å². The molecule has 0 unspecified atom stereocenters. The predicted octanol–water partition coefficient (Wildman–Crippen LogP) is 4.24. The predicted molar refractivity (Wildman–Crippen MR) is 111 cm³/mol. The highest BCUT2D eigenvalue weighted by Crippen LogP contribution is 2.34. The average molecular weight is 410 g/mol. The Morgan fingerprint density at radius 1 is 1.28 bits per heavy atom. The lowest BCUT2D eigenvalue weighted by Crippen LogP contribution is -2.35. The summed E-state index contributed by atoms with van der Waals surface area (Å²) in [6, 6.07) is 12.7. The summed E-state index contributed by atoms with van der Waals surface area (Å²) in [5, 5.41) is 10.3. The molecule has 0 spiro atoms. The molecule has 0 saturated heterocycles. The van der Waals surface area contributed by atoms with Crippen LogP contribution in [0.3, 0.4) is 0 Å². The number of hydrogen-bond acceptors (Lipinski definition) is 4. The molecule has 1 atom stereocenters. The molecule has 0 aliphatic carbocycles. The Morgan fingerprint density at radius 2 is 2.03 bits per heavy atom. The Bertz CT molecular complexity index is 1090. The number of benzene rings is 2. The van der Waals surface area contributed by atoms with Crippen LogP contribution in [0.5, 0.6) is 0 Å². The van der Waals surface area contributed by atoms with Crippen molar-refractivity contribution in [1.82, 2.24) is 9.78 Å². The molecule has 6 nitrogen and oxygen atoms in total. The van der Waals surface area contributed by atoms with Crippen molar-refractivity contribution in [2.75, 3.05) is 16.9 Å². The maximum absolute atomic E-state index is 13.3. The molecule has 8 heteroatoms.